The maximum absolute atomic E-state index is 12.7. The van der Waals surface area contributed by atoms with E-state index in [4.69, 9.17) is 11.6 Å². The molecule has 23 heavy (non-hydrogen) atoms. The molecule has 0 aliphatic carbocycles. The first-order chi connectivity index (χ1) is 11.0. The summed E-state index contributed by atoms with van der Waals surface area (Å²) in [7, 11) is 0. The molecule has 2 aromatic carbocycles. The van der Waals surface area contributed by atoms with E-state index < -0.39 is 11.8 Å². The standard InChI is InChI=1S/C16H13ClFN3O2/c17-13-3-1-2-12(8-13)16(23)19-10-15(22)21-20-9-11-4-6-14(18)7-5-11/h1-9H,10H2,(H,19,23)(H,21,22). The minimum atomic E-state index is -0.487. The van der Waals surface area contributed by atoms with Gasteiger partial charge in [0.25, 0.3) is 11.8 Å². The van der Waals surface area contributed by atoms with E-state index in [2.05, 4.69) is 15.8 Å². The molecule has 0 aliphatic heterocycles. The summed E-state index contributed by atoms with van der Waals surface area (Å²) in [6, 6.07) is 12.0. The summed E-state index contributed by atoms with van der Waals surface area (Å²) >= 11 is 5.79. The normalized spacial score (nSPS) is 10.5. The summed E-state index contributed by atoms with van der Waals surface area (Å²) in [5, 5.41) is 6.60. The average Bonchev–Trinajstić information content (AvgIpc) is 2.54. The molecule has 7 heteroatoms. The van der Waals surface area contributed by atoms with Crippen molar-refractivity contribution in [2.24, 2.45) is 5.10 Å². The molecule has 0 radical (unpaired) electrons. The lowest BCUT2D eigenvalue weighted by Crippen LogP contribution is -2.34. The second-order valence-electron chi connectivity index (χ2n) is 4.54. The van der Waals surface area contributed by atoms with Gasteiger partial charge in [0.15, 0.2) is 0 Å². The minimum absolute atomic E-state index is 0.230. The Bertz CT molecular complexity index is 732. The number of nitrogens with zero attached hydrogens (tertiary/aromatic N) is 1. The van der Waals surface area contributed by atoms with Crippen LogP contribution in [0.25, 0.3) is 0 Å². The van der Waals surface area contributed by atoms with E-state index in [1.165, 1.54) is 36.5 Å². The Morgan fingerprint density at radius 3 is 2.61 bits per heavy atom. The third-order valence-electron chi connectivity index (χ3n) is 2.77. The molecule has 0 aromatic heterocycles. The lowest BCUT2D eigenvalue weighted by atomic mass is 10.2. The Hall–Kier alpha value is -2.73. The van der Waals surface area contributed by atoms with Gasteiger partial charge in [-0.25, -0.2) is 9.82 Å². The molecule has 5 nitrogen and oxygen atoms in total. The Morgan fingerprint density at radius 2 is 1.91 bits per heavy atom. The number of halogens is 2. The van der Waals surface area contributed by atoms with Crippen molar-refractivity contribution in [2.75, 3.05) is 6.54 Å². The quantitative estimate of drug-likeness (QED) is 0.651. The van der Waals surface area contributed by atoms with Crippen LogP contribution < -0.4 is 10.7 Å². The minimum Gasteiger partial charge on any atom is -0.343 e. The monoisotopic (exact) mass is 333 g/mol. The maximum Gasteiger partial charge on any atom is 0.259 e. The van der Waals surface area contributed by atoms with Crippen molar-refractivity contribution in [1.29, 1.82) is 0 Å². The van der Waals surface area contributed by atoms with Gasteiger partial charge in [0.2, 0.25) is 0 Å². The van der Waals surface area contributed by atoms with Crippen molar-refractivity contribution in [2.45, 2.75) is 0 Å². The summed E-state index contributed by atoms with van der Waals surface area (Å²) in [6.45, 7) is -0.230. The number of hydrazone groups is 1. The van der Waals surface area contributed by atoms with E-state index in [9.17, 15) is 14.0 Å². The number of carbonyl (C=O) groups is 2. The highest BCUT2D eigenvalue weighted by Gasteiger charge is 2.07. The molecule has 0 heterocycles. The van der Waals surface area contributed by atoms with Crippen LogP contribution in [0.15, 0.2) is 53.6 Å². The molecule has 2 aromatic rings. The van der Waals surface area contributed by atoms with Gasteiger partial charge in [0.05, 0.1) is 12.8 Å². The molecule has 2 rings (SSSR count). The molecule has 118 valence electrons. The van der Waals surface area contributed by atoms with Crippen LogP contribution in [0.3, 0.4) is 0 Å². The first-order valence-corrected chi connectivity index (χ1v) is 7.03. The number of hydrogen-bond acceptors (Lipinski definition) is 3. The Balaban J connectivity index is 1.78. The zero-order valence-corrected chi connectivity index (χ0v) is 12.7. The summed E-state index contributed by atoms with van der Waals surface area (Å²) in [6.07, 6.45) is 1.37. The smallest absolute Gasteiger partial charge is 0.259 e. The fourth-order valence-corrected chi connectivity index (χ4v) is 1.85. The van der Waals surface area contributed by atoms with Gasteiger partial charge in [0.1, 0.15) is 5.82 Å². The first kappa shape index (κ1) is 16.6. The Morgan fingerprint density at radius 1 is 1.17 bits per heavy atom. The lowest BCUT2D eigenvalue weighted by molar-refractivity contribution is -0.120. The van der Waals surface area contributed by atoms with Crippen LogP contribution >= 0.6 is 11.6 Å². The number of carbonyl (C=O) groups excluding carboxylic acids is 2. The molecule has 0 aliphatic rings. The molecule has 0 bridgehead atoms. The Kier molecular flexibility index (Phi) is 5.82. The van der Waals surface area contributed by atoms with E-state index in [1.807, 2.05) is 0 Å². The molecule has 2 amide bonds. The van der Waals surface area contributed by atoms with Crippen molar-refractivity contribution in [1.82, 2.24) is 10.7 Å². The lowest BCUT2D eigenvalue weighted by Gasteiger charge is -2.04. The predicted molar refractivity (Wildman–Crippen MR) is 85.9 cm³/mol. The van der Waals surface area contributed by atoms with Crippen LogP contribution in [0.4, 0.5) is 4.39 Å². The van der Waals surface area contributed by atoms with Crippen LogP contribution in [0.5, 0.6) is 0 Å². The third kappa shape index (κ3) is 5.52. The number of nitrogens with one attached hydrogen (secondary N) is 2. The van der Waals surface area contributed by atoms with Gasteiger partial charge in [-0.15, -0.1) is 0 Å². The molecule has 0 unspecified atom stereocenters. The zero-order valence-electron chi connectivity index (χ0n) is 11.9. The van der Waals surface area contributed by atoms with Gasteiger partial charge in [-0.2, -0.15) is 5.10 Å². The molecular weight excluding hydrogens is 321 g/mol. The zero-order chi connectivity index (χ0) is 16.7. The highest BCUT2D eigenvalue weighted by molar-refractivity contribution is 6.30. The summed E-state index contributed by atoms with van der Waals surface area (Å²) < 4.78 is 12.7. The largest absolute Gasteiger partial charge is 0.343 e. The van der Waals surface area contributed by atoms with Gasteiger partial charge in [-0.3, -0.25) is 9.59 Å². The molecule has 0 atom stereocenters. The van der Waals surface area contributed by atoms with E-state index in [-0.39, 0.29) is 12.4 Å². The Labute approximate surface area is 137 Å². The fraction of sp³-hybridized carbons (Fsp3) is 0.0625. The van der Waals surface area contributed by atoms with Crippen molar-refractivity contribution < 1.29 is 14.0 Å². The van der Waals surface area contributed by atoms with E-state index >= 15 is 0 Å². The average molecular weight is 334 g/mol. The summed E-state index contributed by atoms with van der Waals surface area (Å²) in [5.74, 6) is -1.25. The fourth-order valence-electron chi connectivity index (χ4n) is 1.66. The van der Waals surface area contributed by atoms with Crippen molar-refractivity contribution in [3.63, 3.8) is 0 Å². The van der Waals surface area contributed by atoms with Crippen LogP contribution in [-0.4, -0.2) is 24.6 Å². The van der Waals surface area contributed by atoms with Crippen LogP contribution in [0, 0.1) is 5.82 Å². The molecule has 2 N–H and O–H groups in total. The molecule has 0 spiro atoms. The maximum atomic E-state index is 12.7. The van der Waals surface area contributed by atoms with Crippen molar-refractivity contribution >= 4 is 29.6 Å². The van der Waals surface area contributed by atoms with Crippen molar-refractivity contribution in [3.05, 3.63) is 70.5 Å². The molecule has 0 saturated heterocycles. The molecule has 0 fully saturated rings. The van der Waals surface area contributed by atoms with Gasteiger partial charge < -0.3 is 5.32 Å². The number of benzene rings is 2. The molecule has 0 saturated carbocycles. The van der Waals surface area contributed by atoms with Crippen LogP contribution in [-0.2, 0) is 4.79 Å². The van der Waals surface area contributed by atoms with Gasteiger partial charge >= 0.3 is 0 Å². The first-order valence-electron chi connectivity index (χ1n) is 6.66. The predicted octanol–water partition coefficient (Wildman–Crippen LogP) is 2.36. The number of rotatable bonds is 5. The van der Waals surface area contributed by atoms with E-state index in [0.29, 0.717) is 16.1 Å². The van der Waals surface area contributed by atoms with Gasteiger partial charge in [0, 0.05) is 10.6 Å². The van der Waals surface area contributed by atoms with E-state index in [0.717, 1.165) is 0 Å². The highest BCUT2D eigenvalue weighted by Crippen LogP contribution is 2.10. The van der Waals surface area contributed by atoms with Gasteiger partial charge in [-0.05, 0) is 35.9 Å². The van der Waals surface area contributed by atoms with Crippen molar-refractivity contribution in [3.8, 4) is 0 Å². The number of amides is 2. The number of hydrogen-bond donors (Lipinski definition) is 2. The topological polar surface area (TPSA) is 70.6 Å². The SMILES string of the molecule is O=C(CNC(=O)c1cccc(Cl)c1)NN=Cc1ccc(F)cc1. The van der Waals surface area contributed by atoms with Gasteiger partial charge in [-0.1, -0.05) is 29.8 Å². The highest BCUT2D eigenvalue weighted by atomic mass is 35.5. The van der Waals surface area contributed by atoms with Crippen LogP contribution in [0.1, 0.15) is 15.9 Å². The summed E-state index contributed by atoms with van der Waals surface area (Å²) in [5.41, 5.74) is 3.26. The van der Waals surface area contributed by atoms with E-state index in [1.54, 1.807) is 18.2 Å². The third-order valence-corrected chi connectivity index (χ3v) is 3.00. The summed E-state index contributed by atoms with van der Waals surface area (Å²) in [4.78, 5) is 23.4. The van der Waals surface area contributed by atoms with Crippen LogP contribution in [0.2, 0.25) is 5.02 Å². The molecular formula is C16H13ClFN3O2. The second-order valence-corrected chi connectivity index (χ2v) is 4.97. The second kappa shape index (κ2) is 8.05.